The van der Waals surface area contributed by atoms with Crippen LogP contribution in [0.5, 0.6) is 0 Å². The Hall–Kier alpha value is -0.610. The average molecular weight is 242 g/mol. The quantitative estimate of drug-likeness (QED) is 0.693. The van der Waals surface area contributed by atoms with E-state index in [1.54, 1.807) is 13.8 Å². The van der Waals surface area contributed by atoms with Gasteiger partial charge in [-0.05, 0) is 54.0 Å². The highest BCUT2D eigenvalue weighted by molar-refractivity contribution is 5.79. The first kappa shape index (κ1) is 14.5. The van der Waals surface area contributed by atoms with Crippen molar-refractivity contribution in [2.45, 2.75) is 64.6 Å². The molecule has 1 saturated heterocycles. The summed E-state index contributed by atoms with van der Waals surface area (Å²) in [6.07, 6.45) is 1.74. The number of piperidine rings is 1. The van der Waals surface area contributed by atoms with Gasteiger partial charge < -0.3 is 15.7 Å². The van der Waals surface area contributed by atoms with Crippen molar-refractivity contribution in [3.8, 4) is 0 Å². The Balaban J connectivity index is 2.60. The van der Waals surface area contributed by atoms with Crippen molar-refractivity contribution in [2.75, 3.05) is 6.54 Å². The van der Waals surface area contributed by atoms with E-state index in [2.05, 4.69) is 17.6 Å². The first-order chi connectivity index (χ1) is 7.63. The minimum atomic E-state index is -0.929. The Morgan fingerprint density at radius 1 is 1.35 bits per heavy atom. The van der Waals surface area contributed by atoms with Gasteiger partial charge in [-0.25, -0.2) is 0 Å². The van der Waals surface area contributed by atoms with Gasteiger partial charge in [-0.15, -0.1) is 0 Å². The van der Waals surface area contributed by atoms with Crippen LogP contribution in [0.1, 0.15) is 47.5 Å². The van der Waals surface area contributed by atoms with Crippen LogP contribution in [-0.4, -0.2) is 34.7 Å². The van der Waals surface area contributed by atoms with Crippen LogP contribution in [0.15, 0.2) is 0 Å². The lowest BCUT2D eigenvalue weighted by Crippen LogP contribution is -2.59. The molecule has 0 aliphatic carbocycles. The molecule has 0 bridgehead atoms. The number of nitrogens with one attached hydrogen (secondary N) is 2. The minimum absolute atomic E-state index is 0.0606. The summed E-state index contributed by atoms with van der Waals surface area (Å²) in [5.41, 5.74) is -1.54. The highest BCUT2D eigenvalue weighted by Gasteiger charge is 2.38. The molecule has 0 saturated carbocycles. The SMILES string of the molecule is CC1CC(C(=O)NC(C)(C)C(C)(C)O)CCN1. The lowest BCUT2D eigenvalue weighted by Gasteiger charge is -2.39. The summed E-state index contributed by atoms with van der Waals surface area (Å²) in [4.78, 5) is 12.2. The Labute approximate surface area is 104 Å². The predicted molar refractivity (Wildman–Crippen MR) is 68.7 cm³/mol. The van der Waals surface area contributed by atoms with E-state index >= 15 is 0 Å². The first-order valence-corrected chi connectivity index (χ1v) is 6.41. The highest BCUT2D eigenvalue weighted by atomic mass is 16.3. The summed E-state index contributed by atoms with van der Waals surface area (Å²) in [6, 6.07) is 0.393. The van der Waals surface area contributed by atoms with Gasteiger partial charge in [0, 0.05) is 12.0 Å². The molecule has 1 rings (SSSR count). The molecule has 2 atom stereocenters. The topological polar surface area (TPSA) is 61.4 Å². The molecule has 1 amide bonds. The van der Waals surface area contributed by atoms with Crippen LogP contribution < -0.4 is 10.6 Å². The van der Waals surface area contributed by atoms with Gasteiger partial charge in [-0.3, -0.25) is 4.79 Å². The molecule has 17 heavy (non-hydrogen) atoms. The van der Waals surface area contributed by atoms with Crippen LogP contribution in [0.25, 0.3) is 0 Å². The Morgan fingerprint density at radius 3 is 2.41 bits per heavy atom. The molecular weight excluding hydrogens is 216 g/mol. The van der Waals surface area contributed by atoms with E-state index in [0.29, 0.717) is 6.04 Å². The third kappa shape index (κ3) is 3.68. The highest BCUT2D eigenvalue weighted by Crippen LogP contribution is 2.23. The summed E-state index contributed by atoms with van der Waals surface area (Å²) in [5, 5.41) is 16.3. The second-order valence-electron chi connectivity index (χ2n) is 6.25. The van der Waals surface area contributed by atoms with Crippen molar-refractivity contribution >= 4 is 5.91 Å². The van der Waals surface area contributed by atoms with Crippen molar-refractivity contribution in [2.24, 2.45) is 5.92 Å². The third-order valence-electron chi connectivity index (χ3n) is 3.96. The first-order valence-electron chi connectivity index (χ1n) is 6.41. The largest absolute Gasteiger partial charge is 0.388 e. The standard InChI is InChI=1S/C13H26N2O2/c1-9-8-10(6-7-14-9)11(16)15-12(2,3)13(4,5)17/h9-10,14,17H,6-8H2,1-5H3,(H,15,16). The fourth-order valence-corrected chi connectivity index (χ4v) is 1.93. The third-order valence-corrected chi connectivity index (χ3v) is 3.96. The monoisotopic (exact) mass is 242 g/mol. The zero-order valence-corrected chi connectivity index (χ0v) is 11.6. The van der Waals surface area contributed by atoms with Gasteiger partial charge in [0.2, 0.25) is 5.91 Å². The zero-order chi connectivity index (χ0) is 13.3. The van der Waals surface area contributed by atoms with E-state index in [0.717, 1.165) is 19.4 Å². The summed E-state index contributed by atoms with van der Waals surface area (Å²) < 4.78 is 0. The Bertz CT molecular complexity index is 282. The normalized spacial score (nSPS) is 26.7. The smallest absolute Gasteiger partial charge is 0.223 e. The van der Waals surface area contributed by atoms with Gasteiger partial charge in [0.1, 0.15) is 0 Å². The van der Waals surface area contributed by atoms with Crippen LogP contribution in [0.2, 0.25) is 0 Å². The van der Waals surface area contributed by atoms with E-state index in [-0.39, 0.29) is 11.8 Å². The summed E-state index contributed by atoms with van der Waals surface area (Å²) in [7, 11) is 0. The number of rotatable bonds is 3. The van der Waals surface area contributed by atoms with Crippen LogP contribution in [0.4, 0.5) is 0 Å². The van der Waals surface area contributed by atoms with E-state index in [1.807, 2.05) is 13.8 Å². The lowest BCUT2D eigenvalue weighted by molar-refractivity contribution is -0.131. The summed E-state index contributed by atoms with van der Waals surface area (Å²) in [6.45, 7) is 10.1. The van der Waals surface area contributed by atoms with Gasteiger partial charge in [0.05, 0.1) is 11.1 Å². The molecule has 0 aromatic carbocycles. The number of carbonyl (C=O) groups is 1. The van der Waals surface area contributed by atoms with E-state index in [9.17, 15) is 9.90 Å². The fraction of sp³-hybridized carbons (Fsp3) is 0.923. The van der Waals surface area contributed by atoms with Gasteiger partial charge in [0.15, 0.2) is 0 Å². The maximum absolute atomic E-state index is 12.2. The Morgan fingerprint density at radius 2 is 1.94 bits per heavy atom. The maximum Gasteiger partial charge on any atom is 0.223 e. The van der Waals surface area contributed by atoms with Crippen LogP contribution >= 0.6 is 0 Å². The maximum atomic E-state index is 12.2. The minimum Gasteiger partial charge on any atom is -0.388 e. The molecule has 4 nitrogen and oxygen atoms in total. The fourth-order valence-electron chi connectivity index (χ4n) is 1.93. The Kier molecular flexibility index (Phi) is 4.20. The van der Waals surface area contributed by atoms with Crippen LogP contribution in [-0.2, 0) is 4.79 Å². The molecule has 0 aromatic heterocycles. The zero-order valence-electron chi connectivity index (χ0n) is 11.6. The number of amides is 1. The summed E-state index contributed by atoms with van der Waals surface area (Å²) >= 11 is 0. The molecule has 1 fully saturated rings. The lowest BCUT2D eigenvalue weighted by atomic mass is 9.84. The van der Waals surface area contributed by atoms with E-state index in [1.165, 1.54) is 0 Å². The molecule has 0 spiro atoms. The average Bonchev–Trinajstić information content (AvgIpc) is 2.15. The predicted octanol–water partition coefficient (Wildman–Crippen LogP) is 1.04. The van der Waals surface area contributed by atoms with Gasteiger partial charge in [0.25, 0.3) is 0 Å². The number of hydrogen-bond donors (Lipinski definition) is 3. The number of carbonyl (C=O) groups excluding carboxylic acids is 1. The van der Waals surface area contributed by atoms with Crippen molar-refractivity contribution in [3.05, 3.63) is 0 Å². The van der Waals surface area contributed by atoms with E-state index in [4.69, 9.17) is 0 Å². The second kappa shape index (κ2) is 4.94. The van der Waals surface area contributed by atoms with E-state index < -0.39 is 11.1 Å². The molecule has 1 heterocycles. The molecule has 0 radical (unpaired) electrons. The van der Waals surface area contributed by atoms with Crippen molar-refractivity contribution < 1.29 is 9.90 Å². The van der Waals surface area contributed by atoms with Gasteiger partial charge in [-0.2, -0.15) is 0 Å². The number of aliphatic hydroxyl groups is 1. The van der Waals surface area contributed by atoms with Crippen LogP contribution in [0.3, 0.4) is 0 Å². The molecule has 4 heteroatoms. The van der Waals surface area contributed by atoms with Gasteiger partial charge >= 0.3 is 0 Å². The molecular formula is C13H26N2O2. The summed E-state index contributed by atoms with van der Waals surface area (Å²) in [5.74, 6) is 0.123. The van der Waals surface area contributed by atoms with Crippen molar-refractivity contribution in [1.82, 2.24) is 10.6 Å². The van der Waals surface area contributed by atoms with Crippen LogP contribution in [0, 0.1) is 5.92 Å². The van der Waals surface area contributed by atoms with Crippen molar-refractivity contribution in [1.29, 1.82) is 0 Å². The molecule has 1 aliphatic rings. The molecule has 100 valence electrons. The molecule has 2 unspecified atom stereocenters. The molecule has 3 N–H and O–H groups in total. The number of hydrogen-bond acceptors (Lipinski definition) is 3. The van der Waals surface area contributed by atoms with Gasteiger partial charge in [-0.1, -0.05) is 0 Å². The molecule has 0 aromatic rings. The second-order valence-corrected chi connectivity index (χ2v) is 6.25. The molecule has 1 aliphatic heterocycles. The van der Waals surface area contributed by atoms with Crippen molar-refractivity contribution in [3.63, 3.8) is 0 Å².